The summed E-state index contributed by atoms with van der Waals surface area (Å²) in [7, 11) is 0. The number of hydrogen-bond donors (Lipinski definition) is 1. The number of fused-ring (bicyclic) bond motifs is 1. The monoisotopic (exact) mass is 318 g/mol. The van der Waals surface area contributed by atoms with Crippen LogP contribution >= 0.6 is 11.6 Å². The summed E-state index contributed by atoms with van der Waals surface area (Å²) in [6.45, 7) is 5.27. The van der Waals surface area contributed by atoms with Gasteiger partial charge in [-0.25, -0.2) is 4.98 Å². The zero-order valence-electron chi connectivity index (χ0n) is 12.8. The van der Waals surface area contributed by atoms with E-state index in [4.69, 9.17) is 11.6 Å². The van der Waals surface area contributed by atoms with Crippen LogP contribution in [-0.2, 0) is 4.79 Å². The molecule has 1 N–H and O–H groups in total. The Kier molecular flexibility index (Phi) is 4.16. The fourth-order valence-corrected chi connectivity index (χ4v) is 3.28. The van der Waals surface area contributed by atoms with E-state index in [1.807, 2.05) is 12.1 Å². The highest BCUT2D eigenvalue weighted by Gasteiger charge is 2.24. The van der Waals surface area contributed by atoms with Gasteiger partial charge < -0.3 is 10.2 Å². The average Bonchev–Trinajstić information content (AvgIpc) is 2.46. The molecule has 1 aliphatic heterocycles. The zero-order chi connectivity index (χ0) is 15.7. The number of nitrogens with one attached hydrogen (secondary N) is 1. The number of carbonyl (C=O) groups excluding carboxylic acids is 1. The fraction of sp³-hybridized carbons (Fsp3) is 0.438. The number of aromatic nitrogens is 2. The van der Waals surface area contributed by atoms with Gasteiger partial charge in [-0.05, 0) is 43.0 Å². The molecule has 0 radical (unpaired) electrons. The Morgan fingerprint density at radius 1 is 1.41 bits per heavy atom. The topological polar surface area (TPSA) is 58.1 Å². The van der Waals surface area contributed by atoms with E-state index in [0.29, 0.717) is 0 Å². The molecule has 2 heterocycles. The Morgan fingerprint density at radius 2 is 2.23 bits per heavy atom. The summed E-state index contributed by atoms with van der Waals surface area (Å²) >= 11 is 6.10. The maximum atomic E-state index is 11.3. The smallest absolute Gasteiger partial charge is 0.224 e. The van der Waals surface area contributed by atoms with Crippen LogP contribution in [0, 0.1) is 6.92 Å². The number of carbonyl (C=O) groups is 1. The van der Waals surface area contributed by atoms with Crippen molar-refractivity contribution < 1.29 is 4.79 Å². The minimum Gasteiger partial charge on any atom is -0.354 e. The highest BCUT2D eigenvalue weighted by Crippen LogP contribution is 2.30. The highest BCUT2D eigenvalue weighted by molar-refractivity contribution is 6.28. The van der Waals surface area contributed by atoms with Gasteiger partial charge in [-0.2, -0.15) is 4.98 Å². The van der Waals surface area contributed by atoms with Gasteiger partial charge in [0.25, 0.3) is 0 Å². The van der Waals surface area contributed by atoms with Crippen LogP contribution in [0.15, 0.2) is 18.2 Å². The Labute approximate surface area is 134 Å². The summed E-state index contributed by atoms with van der Waals surface area (Å²) in [6, 6.07) is 6.13. The molecule has 0 saturated carbocycles. The van der Waals surface area contributed by atoms with Crippen molar-refractivity contribution in [1.82, 2.24) is 15.3 Å². The van der Waals surface area contributed by atoms with Crippen LogP contribution < -0.4 is 10.2 Å². The van der Waals surface area contributed by atoms with Gasteiger partial charge in [0.2, 0.25) is 11.2 Å². The zero-order valence-corrected chi connectivity index (χ0v) is 13.5. The third-order valence-electron chi connectivity index (χ3n) is 4.01. The predicted molar refractivity (Wildman–Crippen MR) is 88.3 cm³/mol. The van der Waals surface area contributed by atoms with E-state index < -0.39 is 0 Å². The SMILES string of the molecule is CC(=O)N[C@@H]1CCCN(c2nc(Cl)nc3cccc(C)c23)C1. The summed E-state index contributed by atoms with van der Waals surface area (Å²) in [4.78, 5) is 22.3. The maximum absolute atomic E-state index is 11.3. The van der Waals surface area contributed by atoms with Crippen LogP contribution in [0.2, 0.25) is 5.28 Å². The van der Waals surface area contributed by atoms with E-state index in [9.17, 15) is 4.79 Å². The highest BCUT2D eigenvalue weighted by atomic mass is 35.5. The fourth-order valence-electron chi connectivity index (χ4n) is 3.11. The van der Waals surface area contributed by atoms with Crippen LogP contribution in [-0.4, -0.2) is 35.0 Å². The summed E-state index contributed by atoms with van der Waals surface area (Å²) in [5.74, 6) is 0.872. The lowest BCUT2D eigenvalue weighted by Gasteiger charge is -2.34. The number of benzene rings is 1. The number of amides is 1. The molecular weight excluding hydrogens is 300 g/mol. The third-order valence-corrected chi connectivity index (χ3v) is 4.18. The van der Waals surface area contributed by atoms with Gasteiger partial charge >= 0.3 is 0 Å². The summed E-state index contributed by atoms with van der Waals surface area (Å²) in [6.07, 6.45) is 2.01. The van der Waals surface area contributed by atoms with Gasteiger partial charge in [-0.15, -0.1) is 0 Å². The lowest BCUT2D eigenvalue weighted by Crippen LogP contribution is -2.47. The van der Waals surface area contributed by atoms with Crippen molar-refractivity contribution in [2.45, 2.75) is 32.7 Å². The van der Waals surface area contributed by atoms with Crippen LogP contribution in [0.1, 0.15) is 25.3 Å². The van der Waals surface area contributed by atoms with Crippen molar-refractivity contribution in [1.29, 1.82) is 0 Å². The van der Waals surface area contributed by atoms with Crippen molar-refractivity contribution in [2.24, 2.45) is 0 Å². The quantitative estimate of drug-likeness (QED) is 0.865. The number of halogens is 1. The van der Waals surface area contributed by atoms with E-state index in [2.05, 4.69) is 33.2 Å². The van der Waals surface area contributed by atoms with Crippen LogP contribution in [0.5, 0.6) is 0 Å². The van der Waals surface area contributed by atoms with Gasteiger partial charge in [0.1, 0.15) is 5.82 Å². The van der Waals surface area contributed by atoms with Crippen molar-refractivity contribution in [3.8, 4) is 0 Å². The summed E-state index contributed by atoms with van der Waals surface area (Å²) in [5.41, 5.74) is 1.99. The van der Waals surface area contributed by atoms with Gasteiger partial charge in [0, 0.05) is 31.4 Å². The molecular formula is C16H19ClN4O. The van der Waals surface area contributed by atoms with E-state index in [0.717, 1.165) is 48.2 Å². The maximum Gasteiger partial charge on any atom is 0.224 e. The molecule has 1 aliphatic rings. The lowest BCUT2D eigenvalue weighted by atomic mass is 10.0. The first kappa shape index (κ1) is 15.0. The number of nitrogens with zero attached hydrogens (tertiary/aromatic N) is 3. The van der Waals surface area contributed by atoms with Crippen LogP contribution in [0.3, 0.4) is 0 Å². The van der Waals surface area contributed by atoms with Gasteiger partial charge in [-0.3, -0.25) is 4.79 Å². The molecule has 0 spiro atoms. The standard InChI is InChI=1S/C16H19ClN4O/c1-10-5-3-7-13-14(10)15(20-16(17)19-13)21-8-4-6-12(9-21)18-11(2)22/h3,5,7,12H,4,6,8-9H2,1-2H3,(H,18,22)/t12-/m1/s1. The second-order valence-electron chi connectivity index (χ2n) is 5.77. The summed E-state index contributed by atoms with van der Waals surface area (Å²) in [5, 5.41) is 4.30. The Balaban J connectivity index is 2.00. The number of rotatable bonds is 2. The molecule has 1 fully saturated rings. The third kappa shape index (κ3) is 2.99. The largest absolute Gasteiger partial charge is 0.354 e. The Hall–Kier alpha value is -1.88. The minimum absolute atomic E-state index is 0.00797. The number of hydrogen-bond acceptors (Lipinski definition) is 4. The Bertz CT molecular complexity index is 719. The number of piperidine rings is 1. The lowest BCUT2D eigenvalue weighted by molar-refractivity contribution is -0.119. The van der Waals surface area contributed by atoms with E-state index in [-0.39, 0.29) is 17.2 Å². The number of aryl methyl sites for hydroxylation is 1. The first-order chi connectivity index (χ1) is 10.5. The molecule has 0 unspecified atom stereocenters. The van der Waals surface area contributed by atoms with E-state index >= 15 is 0 Å². The van der Waals surface area contributed by atoms with E-state index in [1.165, 1.54) is 0 Å². The number of anilines is 1. The second-order valence-corrected chi connectivity index (χ2v) is 6.11. The van der Waals surface area contributed by atoms with Crippen LogP contribution in [0.4, 0.5) is 5.82 Å². The molecule has 6 heteroatoms. The molecule has 3 rings (SSSR count). The second kappa shape index (κ2) is 6.08. The molecule has 1 aromatic heterocycles. The van der Waals surface area contributed by atoms with Crippen LogP contribution in [0.25, 0.3) is 10.9 Å². The molecule has 0 aliphatic carbocycles. The first-order valence-electron chi connectivity index (χ1n) is 7.49. The molecule has 1 aromatic carbocycles. The van der Waals surface area contributed by atoms with Gasteiger partial charge in [-0.1, -0.05) is 12.1 Å². The molecule has 1 amide bonds. The molecule has 1 atom stereocenters. The first-order valence-corrected chi connectivity index (χ1v) is 7.87. The molecule has 5 nitrogen and oxygen atoms in total. The molecule has 22 heavy (non-hydrogen) atoms. The van der Waals surface area contributed by atoms with Crippen molar-refractivity contribution in [3.05, 3.63) is 29.0 Å². The molecule has 1 saturated heterocycles. The van der Waals surface area contributed by atoms with Crippen molar-refractivity contribution in [3.63, 3.8) is 0 Å². The van der Waals surface area contributed by atoms with Gasteiger partial charge in [0.05, 0.1) is 5.52 Å². The summed E-state index contributed by atoms with van der Waals surface area (Å²) < 4.78 is 0. The average molecular weight is 319 g/mol. The Morgan fingerprint density at radius 3 is 3.00 bits per heavy atom. The van der Waals surface area contributed by atoms with Crippen molar-refractivity contribution >= 4 is 34.2 Å². The molecule has 116 valence electrons. The minimum atomic E-state index is 0.00797. The van der Waals surface area contributed by atoms with Crippen molar-refractivity contribution in [2.75, 3.05) is 18.0 Å². The normalized spacial score (nSPS) is 18.5. The van der Waals surface area contributed by atoms with Gasteiger partial charge in [0.15, 0.2) is 0 Å². The predicted octanol–water partition coefficient (Wildman–Crippen LogP) is 2.70. The molecule has 0 bridgehead atoms. The molecule has 2 aromatic rings. The van der Waals surface area contributed by atoms with E-state index in [1.54, 1.807) is 6.92 Å².